The first-order valence-corrected chi connectivity index (χ1v) is 6.71. The van der Waals surface area contributed by atoms with Crippen molar-refractivity contribution < 1.29 is 17.6 Å². The molecule has 0 saturated carbocycles. The summed E-state index contributed by atoms with van der Waals surface area (Å²) in [5, 5.41) is 3.25. The molecular weight excluding hydrogens is 331 g/mol. The molecule has 0 aliphatic carbocycles. The Morgan fingerprint density at radius 3 is 2.38 bits per heavy atom. The van der Waals surface area contributed by atoms with Gasteiger partial charge in [0.25, 0.3) is 0 Å². The molecule has 8 heteroatoms. The Hall–Kier alpha value is -0.560. The molecule has 1 saturated heterocycles. The van der Waals surface area contributed by atoms with Gasteiger partial charge < -0.3 is 5.32 Å². The van der Waals surface area contributed by atoms with Crippen LogP contribution in [-0.2, 0) is 0 Å². The Kier molecular flexibility index (Phi) is 6.71. The summed E-state index contributed by atoms with van der Waals surface area (Å²) in [4.78, 5) is 1.66. The normalized spacial score (nSPS) is 18.1. The van der Waals surface area contributed by atoms with Crippen LogP contribution in [0.5, 0.6) is 0 Å². The van der Waals surface area contributed by atoms with Gasteiger partial charge in [0.1, 0.15) is 5.82 Å². The van der Waals surface area contributed by atoms with E-state index in [9.17, 15) is 17.6 Å². The van der Waals surface area contributed by atoms with E-state index in [1.54, 1.807) is 4.90 Å². The average Bonchev–Trinajstić information content (AvgIpc) is 2.36. The number of halogens is 6. The zero-order valence-electron chi connectivity index (χ0n) is 11.1. The molecule has 0 bridgehead atoms. The molecule has 1 N–H and O–H groups in total. The summed E-state index contributed by atoms with van der Waals surface area (Å²) in [6, 6.07) is 2.82. The molecule has 21 heavy (non-hydrogen) atoms. The van der Waals surface area contributed by atoms with E-state index >= 15 is 0 Å². The van der Waals surface area contributed by atoms with Gasteiger partial charge in [0.05, 0.1) is 6.42 Å². The van der Waals surface area contributed by atoms with Crippen molar-refractivity contribution in [1.82, 2.24) is 10.2 Å². The molecule has 1 aliphatic heterocycles. The van der Waals surface area contributed by atoms with Crippen molar-refractivity contribution in [3.05, 3.63) is 34.6 Å². The largest absolute Gasteiger partial charge is 0.390 e. The van der Waals surface area contributed by atoms with Gasteiger partial charge in [-0.2, -0.15) is 13.2 Å². The SMILES string of the molecule is Cl.Fc1cc(Cl)ccc1[C@@H](CC(F)(F)F)N1CCNCC1. The summed E-state index contributed by atoms with van der Waals surface area (Å²) < 4.78 is 52.2. The topological polar surface area (TPSA) is 15.3 Å². The van der Waals surface area contributed by atoms with Gasteiger partial charge in [0.15, 0.2) is 0 Å². The molecule has 1 atom stereocenters. The van der Waals surface area contributed by atoms with Gasteiger partial charge in [-0.15, -0.1) is 12.4 Å². The van der Waals surface area contributed by atoms with E-state index < -0.39 is 24.5 Å². The molecular formula is C13H16Cl2F4N2. The number of hydrogen-bond acceptors (Lipinski definition) is 2. The third kappa shape index (κ3) is 5.29. The summed E-state index contributed by atoms with van der Waals surface area (Å²) in [6.45, 7) is 2.12. The number of alkyl halides is 3. The van der Waals surface area contributed by atoms with Crippen molar-refractivity contribution in [3.8, 4) is 0 Å². The Bertz CT molecular complexity index is 462. The second-order valence-electron chi connectivity index (χ2n) is 4.79. The highest BCUT2D eigenvalue weighted by atomic mass is 35.5. The fourth-order valence-corrected chi connectivity index (χ4v) is 2.58. The second-order valence-corrected chi connectivity index (χ2v) is 5.22. The smallest absolute Gasteiger partial charge is 0.314 e. The Labute approximate surface area is 131 Å². The van der Waals surface area contributed by atoms with E-state index in [0.29, 0.717) is 26.2 Å². The van der Waals surface area contributed by atoms with Crippen molar-refractivity contribution in [2.24, 2.45) is 0 Å². The molecule has 1 fully saturated rings. The number of rotatable bonds is 3. The first kappa shape index (κ1) is 18.5. The fourth-order valence-electron chi connectivity index (χ4n) is 2.42. The minimum atomic E-state index is -4.35. The molecule has 0 aromatic heterocycles. The number of nitrogens with one attached hydrogen (secondary N) is 1. The maximum absolute atomic E-state index is 13.9. The zero-order valence-corrected chi connectivity index (χ0v) is 12.7. The average molecular weight is 347 g/mol. The van der Waals surface area contributed by atoms with E-state index in [4.69, 9.17) is 11.6 Å². The molecule has 0 radical (unpaired) electrons. The predicted molar refractivity (Wildman–Crippen MR) is 76.5 cm³/mol. The third-order valence-corrected chi connectivity index (χ3v) is 3.57. The van der Waals surface area contributed by atoms with Crippen LogP contribution >= 0.6 is 24.0 Å². The lowest BCUT2D eigenvalue weighted by atomic mass is 10.00. The van der Waals surface area contributed by atoms with Gasteiger partial charge >= 0.3 is 6.18 Å². The van der Waals surface area contributed by atoms with E-state index in [2.05, 4.69) is 5.32 Å². The van der Waals surface area contributed by atoms with Gasteiger partial charge in [-0.3, -0.25) is 4.90 Å². The van der Waals surface area contributed by atoms with Crippen molar-refractivity contribution in [3.63, 3.8) is 0 Å². The van der Waals surface area contributed by atoms with Crippen LogP contribution in [0, 0.1) is 5.82 Å². The molecule has 0 unspecified atom stereocenters. The lowest BCUT2D eigenvalue weighted by Gasteiger charge is -2.35. The van der Waals surface area contributed by atoms with Crippen LogP contribution in [-0.4, -0.2) is 37.3 Å². The van der Waals surface area contributed by atoms with Crippen molar-refractivity contribution in [2.45, 2.75) is 18.6 Å². The van der Waals surface area contributed by atoms with E-state index in [1.807, 2.05) is 0 Å². The Balaban J connectivity index is 0.00000220. The summed E-state index contributed by atoms with van der Waals surface area (Å²) in [5.74, 6) is -0.690. The summed E-state index contributed by atoms with van der Waals surface area (Å²) in [6.07, 6.45) is -5.41. The minimum Gasteiger partial charge on any atom is -0.314 e. The van der Waals surface area contributed by atoms with Crippen molar-refractivity contribution >= 4 is 24.0 Å². The van der Waals surface area contributed by atoms with Crippen LogP contribution in [0.3, 0.4) is 0 Å². The number of hydrogen-bond donors (Lipinski definition) is 1. The summed E-state index contributed by atoms with van der Waals surface area (Å²) in [5.41, 5.74) is 0.0497. The molecule has 1 heterocycles. The van der Waals surface area contributed by atoms with Gasteiger partial charge in [-0.1, -0.05) is 17.7 Å². The number of benzene rings is 1. The minimum absolute atomic E-state index is 0. The fraction of sp³-hybridized carbons (Fsp3) is 0.538. The van der Waals surface area contributed by atoms with Crippen molar-refractivity contribution in [1.29, 1.82) is 0 Å². The second kappa shape index (κ2) is 7.63. The van der Waals surface area contributed by atoms with Gasteiger partial charge in [0.2, 0.25) is 0 Å². The molecule has 1 aliphatic rings. The van der Waals surface area contributed by atoms with Crippen molar-refractivity contribution in [2.75, 3.05) is 26.2 Å². The van der Waals surface area contributed by atoms with Crippen LogP contribution in [0.2, 0.25) is 5.02 Å². The number of piperazine rings is 1. The number of nitrogens with zero attached hydrogens (tertiary/aromatic N) is 1. The van der Waals surface area contributed by atoms with Crippen LogP contribution in [0.25, 0.3) is 0 Å². The van der Waals surface area contributed by atoms with E-state index in [0.717, 1.165) is 6.07 Å². The summed E-state index contributed by atoms with van der Waals surface area (Å²) >= 11 is 5.65. The quantitative estimate of drug-likeness (QED) is 0.837. The molecule has 2 rings (SSSR count). The summed E-state index contributed by atoms with van der Waals surface area (Å²) in [7, 11) is 0. The predicted octanol–water partition coefficient (Wildman–Crippen LogP) is 3.80. The van der Waals surface area contributed by atoms with E-state index in [1.165, 1.54) is 12.1 Å². The highest BCUT2D eigenvalue weighted by Gasteiger charge is 2.37. The molecule has 2 nitrogen and oxygen atoms in total. The Morgan fingerprint density at radius 2 is 1.86 bits per heavy atom. The molecule has 0 spiro atoms. The maximum Gasteiger partial charge on any atom is 0.390 e. The van der Waals surface area contributed by atoms with Gasteiger partial charge in [-0.25, -0.2) is 4.39 Å². The van der Waals surface area contributed by atoms with Crippen LogP contribution < -0.4 is 5.32 Å². The van der Waals surface area contributed by atoms with Crippen LogP contribution in [0.1, 0.15) is 18.0 Å². The third-order valence-electron chi connectivity index (χ3n) is 3.34. The molecule has 1 aromatic rings. The lowest BCUT2D eigenvalue weighted by molar-refractivity contribution is -0.149. The van der Waals surface area contributed by atoms with E-state index in [-0.39, 0.29) is 23.0 Å². The van der Waals surface area contributed by atoms with Gasteiger partial charge in [0, 0.05) is 42.8 Å². The molecule has 0 amide bonds. The first-order chi connectivity index (χ1) is 9.37. The Morgan fingerprint density at radius 1 is 1.24 bits per heavy atom. The first-order valence-electron chi connectivity index (χ1n) is 6.33. The lowest BCUT2D eigenvalue weighted by Crippen LogP contribution is -2.46. The van der Waals surface area contributed by atoms with Crippen LogP contribution in [0.15, 0.2) is 18.2 Å². The highest BCUT2D eigenvalue weighted by Crippen LogP contribution is 2.35. The maximum atomic E-state index is 13.9. The molecule has 120 valence electrons. The zero-order chi connectivity index (χ0) is 14.8. The monoisotopic (exact) mass is 346 g/mol. The highest BCUT2D eigenvalue weighted by molar-refractivity contribution is 6.30. The standard InChI is InChI=1S/C13H15ClF4N2.ClH/c14-9-1-2-10(11(15)7-9)12(8-13(16,17)18)20-5-3-19-4-6-20;/h1-2,7,12,19H,3-6,8H2;1H/t12-;/m1./s1. The molecule has 1 aromatic carbocycles. The van der Waals surface area contributed by atoms with Gasteiger partial charge in [-0.05, 0) is 12.1 Å². The van der Waals surface area contributed by atoms with Crippen LogP contribution in [0.4, 0.5) is 17.6 Å².